The van der Waals surface area contributed by atoms with Crippen molar-refractivity contribution < 1.29 is 18.8 Å². The highest BCUT2D eigenvalue weighted by Gasteiger charge is 2.23. The number of rotatable bonds is 3. The van der Waals surface area contributed by atoms with E-state index >= 15 is 0 Å². The number of carbonyl (C=O) groups excluding carboxylic acids is 1. The van der Waals surface area contributed by atoms with Crippen LogP contribution >= 0.6 is 15.9 Å². The van der Waals surface area contributed by atoms with Crippen LogP contribution in [0.1, 0.15) is 37.0 Å². The van der Waals surface area contributed by atoms with Crippen LogP contribution < -0.4 is 4.90 Å². The second kappa shape index (κ2) is 12.0. The number of benzene rings is 1. The number of ether oxygens (including phenoxy) is 1. The molecule has 0 amide bonds. The third-order valence-corrected chi connectivity index (χ3v) is 4.11. The van der Waals surface area contributed by atoms with Gasteiger partial charge in [-0.05, 0) is 62.9 Å². The zero-order valence-corrected chi connectivity index (χ0v) is 17.6. The zero-order valence-electron chi connectivity index (χ0n) is 16.0. The quantitative estimate of drug-likeness (QED) is 0.368. The van der Waals surface area contributed by atoms with E-state index in [1.165, 1.54) is 31.5 Å². The molecule has 152 valence electrons. The van der Waals surface area contributed by atoms with Gasteiger partial charge in [0, 0.05) is 13.1 Å². The normalized spacial score (nSPS) is 12.2. The SMILES string of the molecule is CC.COC(=O)c1cccc(F)c1.O=[N+]([O-])c1ncc(Br)cc1N1CCCC1. The van der Waals surface area contributed by atoms with Crippen molar-refractivity contribution in [3.63, 3.8) is 0 Å². The average Bonchev–Trinajstić information content (AvgIpc) is 3.24. The van der Waals surface area contributed by atoms with Crippen LogP contribution in [-0.4, -0.2) is 36.1 Å². The molecule has 7 nitrogen and oxygen atoms in total. The molecule has 0 atom stereocenters. The molecule has 0 bridgehead atoms. The minimum atomic E-state index is -0.524. The molecule has 1 aliphatic heterocycles. The lowest BCUT2D eigenvalue weighted by atomic mass is 10.2. The molecule has 2 heterocycles. The third kappa shape index (κ3) is 6.88. The Hall–Kier alpha value is -2.55. The average molecular weight is 456 g/mol. The van der Waals surface area contributed by atoms with E-state index in [0.717, 1.165) is 36.5 Å². The summed E-state index contributed by atoms with van der Waals surface area (Å²) in [6.07, 6.45) is 3.63. The molecule has 1 aromatic carbocycles. The van der Waals surface area contributed by atoms with Gasteiger partial charge in [0.25, 0.3) is 0 Å². The number of esters is 1. The number of halogens is 2. The maximum absolute atomic E-state index is 12.5. The molecule has 28 heavy (non-hydrogen) atoms. The fourth-order valence-electron chi connectivity index (χ4n) is 2.49. The lowest BCUT2D eigenvalue weighted by molar-refractivity contribution is -0.388. The molecule has 3 rings (SSSR count). The Labute approximate surface area is 171 Å². The summed E-state index contributed by atoms with van der Waals surface area (Å²) in [4.78, 5) is 27.0. The molecule has 0 N–H and O–H groups in total. The fraction of sp³-hybridized carbons (Fsp3) is 0.368. The molecule has 1 aromatic heterocycles. The lowest BCUT2D eigenvalue weighted by Crippen LogP contribution is -2.19. The standard InChI is InChI=1S/C9H10BrN3O2.C8H7FO2.C2H6/c10-7-5-8(12-3-1-2-4-12)9(11-6-7)13(14)15;1-11-8(10)6-3-2-4-7(9)5-6;1-2/h5-6H,1-4H2;2-5H,1H3;1-2H3. The number of pyridine rings is 1. The smallest absolute Gasteiger partial charge is 0.387 e. The Balaban J connectivity index is 0.000000268. The molecule has 1 aliphatic rings. The summed E-state index contributed by atoms with van der Waals surface area (Å²) in [5, 5.41) is 10.8. The van der Waals surface area contributed by atoms with E-state index in [1.807, 2.05) is 18.7 Å². The van der Waals surface area contributed by atoms with E-state index in [4.69, 9.17) is 0 Å². The second-order valence-corrected chi connectivity index (χ2v) is 6.37. The van der Waals surface area contributed by atoms with Crippen molar-refractivity contribution in [2.75, 3.05) is 25.1 Å². The molecule has 1 saturated heterocycles. The Bertz CT molecular complexity index is 798. The number of carbonyl (C=O) groups is 1. The molecular weight excluding hydrogens is 433 g/mol. The van der Waals surface area contributed by atoms with E-state index in [0.29, 0.717) is 5.69 Å². The summed E-state index contributed by atoms with van der Waals surface area (Å²) in [5.41, 5.74) is 0.847. The fourth-order valence-corrected chi connectivity index (χ4v) is 2.81. The Morgan fingerprint density at radius 1 is 1.29 bits per heavy atom. The van der Waals surface area contributed by atoms with Gasteiger partial charge in [0.15, 0.2) is 6.20 Å². The van der Waals surface area contributed by atoms with Gasteiger partial charge in [-0.1, -0.05) is 19.9 Å². The van der Waals surface area contributed by atoms with Gasteiger partial charge in [0.2, 0.25) is 0 Å². The maximum atomic E-state index is 12.5. The summed E-state index contributed by atoms with van der Waals surface area (Å²) in [6, 6.07) is 7.12. The Morgan fingerprint density at radius 2 is 1.93 bits per heavy atom. The first-order chi connectivity index (χ1) is 13.4. The van der Waals surface area contributed by atoms with Gasteiger partial charge in [-0.3, -0.25) is 0 Å². The van der Waals surface area contributed by atoms with Crippen LogP contribution in [0.15, 0.2) is 41.0 Å². The van der Waals surface area contributed by atoms with Crippen LogP contribution in [0.5, 0.6) is 0 Å². The van der Waals surface area contributed by atoms with Crippen LogP contribution in [0.25, 0.3) is 0 Å². The number of hydrogen-bond donors (Lipinski definition) is 0. The largest absolute Gasteiger partial charge is 0.465 e. The number of nitrogens with zero attached hydrogens (tertiary/aromatic N) is 3. The van der Waals surface area contributed by atoms with Crippen molar-refractivity contribution in [1.29, 1.82) is 0 Å². The van der Waals surface area contributed by atoms with Crippen LogP contribution in [-0.2, 0) is 4.74 Å². The summed E-state index contributed by atoms with van der Waals surface area (Å²) < 4.78 is 17.6. The van der Waals surface area contributed by atoms with Crippen molar-refractivity contribution in [2.45, 2.75) is 26.7 Å². The van der Waals surface area contributed by atoms with Crippen LogP contribution in [0.3, 0.4) is 0 Å². The highest BCUT2D eigenvalue weighted by atomic mass is 79.9. The molecule has 0 saturated carbocycles. The molecule has 9 heteroatoms. The van der Waals surface area contributed by atoms with Gasteiger partial charge >= 0.3 is 11.8 Å². The molecular formula is C19H23BrFN3O4. The predicted octanol–water partition coefficient (Wildman–Crippen LogP) is 4.99. The minimum Gasteiger partial charge on any atom is -0.465 e. The van der Waals surface area contributed by atoms with Crippen molar-refractivity contribution in [3.8, 4) is 0 Å². The lowest BCUT2D eigenvalue weighted by Gasteiger charge is -2.16. The number of hydrogen-bond acceptors (Lipinski definition) is 6. The van der Waals surface area contributed by atoms with Crippen molar-refractivity contribution in [1.82, 2.24) is 4.98 Å². The highest BCUT2D eigenvalue weighted by Crippen LogP contribution is 2.30. The van der Waals surface area contributed by atoms with Gasteiger partial charge in [-0.2, -0.15) is 0 Å². The first-order valence-electron chi connectivity index (χ1n) is 8.81. The topological polar surface area (TPSA) is 85.6 Å². The van der Waals surface area contributed by atoms with Crippen LogP contribution in [0.2, 0.25) is 0 Å². The monoisotopic (exact) mass is 455 g/mol. The molecule has 0 aliphatic carbocycles. The summed E-state index contributed by atoms with van der Waals surface area (Å²) >= 11 is 3.28. The summed E-state index contributed by atoms with van der Waals surface area (Å²) in [5.74, 6) is -1.02. The number of nitro groups is 1. The molecule has 1 fully saturated rings. The Kier molecular flexibility index (Phi) is 10.1. The van der Waals surface area contributed by atoms with Gasteiger partial charge in [-0.25, -0.2) is 9.18 Å². The van der Waals surface area contributed by atoms with E-state index in [9.17, 15) is 19.3 Å². The summed E-state index contributed by atoms with van der Waals surface area (Å²) in [7, 11) is 1.26. The van der Waals surface area contributed by atoms with Gasteiger partial charge in [0.05, 0.1) is 17.1 Å². The van der Waals surface area contributed by atoms with E-state index in [2.05, 4.69) is 25.7 Å². The van der Waals surface area contributed by atoms with Crippen molar-refractivity contribution in [2.24, 2.45) is 0 Å². The second-order valence-electron chi connectivity index (χ2n) is 5.45. The first-order valence-corrected chi connectivity index (χ1v) is 9.60. The first kappa shape index (κ1) is 23.5. The van der Waals surface area contributed by atoms with Gasteiger partial charge in [-0.15, -0.1) is 0 Å². The number of anilines is 1. The zero-order chi connectivity index (χ0) is 21.1. The molecule has 0 unspecified atom stereocenters. The van der Waals surface area contributed by atoms with Crippen LogP contribution in [0, 0.1) is 15.9 Å². The molecule has 2 aromatic rings. The van der Waals surface area contributed by atoms with Crippen LogP contribution in [0.4, 0.5) is 15.9 Å². The van der Waals surface area contributed by atoms with E-state index in [1.54, 1.807) is 6.07 Å². The van der Waals surface area contributed by atoms with Gasteiger partial charge in [0.1, 0.15) is 11.5 Å². The minimum absolute atomic E-state index is 0.0555. The molecule has 0 spiro atoms. The Morgan fingerprint density at radius 3 is 2.46 bits per heavy atom. The summed E-state index contributed by atoms with van der Waals surface area (Å²) in [6.45, 7) is 5.75. The number of aromatic nitrogens is 1. The third-order valence-electron chi connectivity index (χ3n) is 3.68. The predicted molar refractivity (Wildman–Crippen MR) is 109 cm³/mol. The van der Waals surface area contributed by atoms with Gasteiger partial charge < -0.3 is 19.8 Å². The molecule has 0 radical (unpaired) electrons. The van der Waals surface area contributed by atoms with Crippen molar-refractivity contribution >= 4 is 33.4 Å². The van der Waals surface area contributed by atoms with Crippen molar-refractivity contribution in [3.05, 3.63) is 62.5 Å². The van der Waals surface area contributed by atoms with E-state index in [-0.39, 0.29) is 11.4 Å². The number of methoxy groups -OCH3 is 1. The maximum Gasteiger partial charge on any atom is 0.387 e. The highest BCUT2D eigenvalue weighted by molar-refractivity contribution is 9.10. The van der Waals surface area contributed by atoms with E-state index < -0.39 is 16.7 Å².